The number of ether oxygens (including phenoxy) is 2. The number of aromatic nitrogens is 1. The van der Waals surface area contributed by atoms with Crippen molar-refractivity contribution in [2.24, 2.45) is 0 Å². The molecule has 3 rings (SSSR count). The van der Waals surface area contributed by atoms with E-state index in [-0.39, 0.29) is 6.10 Å². The van der Waals surface area contributed by atoms with Gasteiger partial charge < -0.3 is 14.8 Å². The Bertz CT molecular complexity index is 545. The molecule has 0 bridgehead atoms. The van der Waals surface area contributed by atoms with Crippen molar-refractivity contribution in [2.75, 3.05) is 13.2 Å². The molecule has 0 aliphatic carbocycles. The molecule has 104 valence electrons. The standard InChI is InChI=1S/C16H18N2O2/c1-2-6-16-15(5-1)19-9-7-14(20-16)12-18-11-13-4-3-8-17-10-13/h1-6,8,10,14,18H,7,9,11-12H2. The smallest absolute Gasteiger partial charge is 0.161 e. The summed E-state index contributed by atoms with van der Waals surface area (Å²) in [7, 11) is 0. The van der Waals surface area contributed by atoms with E-state index in [1.165, 1.54) is 5.56 Å². The maximum Gasteiger partial charge on any atom is 0.161 e. The quantitative estimate of drug-likeness (QED) is 0.926. The molecule has 0 saturated heterocycles. The molecule has 1 unspecified atom stereocenters. The van der Waals surface area contributed by atoms with Gasteiger partial charge in [0.2, 0.25) is 0 Å². The van der Waals surface area contributed by atoms with Crippen molar-refractivity contribution in [1.82, 2.24) is 10.3 Å². The van der Waals surface area contributed by atoms with Crippen molar-refractivity contribution in [1.29, 1.82) is 0 Å². The lowest BCUT2D eigenvalue weighted by atomic mass is 10.2. The van der Waals surface area contributed by atoms with Crippen molar-refractivity contribution in [3.05, 3.63) is 54.4 Å². The van der Waals surface area contributed by atoms with Crippen LogP contribution in [0.1, 0.15) is 12.0 Å². The average molecular weight is 270 g/mol. The molecule has 2 aromatic rings. The van der Waals surface area contributed by atoms with E-state index in [2.05, 4.69) is 16.4 Å². The molecular weight excluding hydrogens is 252 g/mol. The number of nitrogens with one attached hydrogen (secondary N) is 1. The number of pyridine rings is 1. The highest BCUT2D eigenvalue weighted by Crippen LogP contribution is 2.30. The van der Waals surface area contributed by atoms with Crippen LogP contribution < -0.4 is 14.8 Å². The zero-order valence-corrected chi connectivity index (χ0v) is 11.3. The Morgan fingerprint density at radius 1 is 1.15 bits per heavy atom. The van der Waals surface area contributed by atoms with Gasteiger partial charge in [0.1, 0.15) is 6.10 Å². The number of nitrogens with zero attached hydrogens (tertiary/aromatic N) is 1. The Labute approximate surface area is 118 Å². The first kappa shape index (κ1) is 12.9. The predicted octanol–water partition coefficient (Wildman–Crippen LogP) is 2.40. The fourth-order valence-corrected chi connectivity index (χ4v) is 2.23. The number of hydrogen-bond donors (Lipinski definition) is 1. The van der Waals surface area contributed by atoms with Crippen LogP contribution in [0.25, 0.3) is 0 Å². The van der Waals surface area contributed by atoms with E-state index in [1.807, 2.05) is 36.5 Å². The molecule has 0 spiro atoms. The van der Waals surface area contributed by atoms with Gasteiger partial charge in [0, 0.05) is 31.9 Å². The second kappa shape index (κ2) is 6.39. The molecule has 1 aromatic carbocycles. The maximum atomic E-state index is 5.99. The average Bonchev–Trinajstić information content (AvgIpc) is 2.70. The Balaban J connectivity index is 1.54. The topological polar surface area (TPSA) is 43.4 Å². The fourth-order valence-electron chi connectivity index (χ4n) is 2.23. The molecule has 1 aliphatic rings. The molecule has 0 saturated carbocycles. The summed E-state index contributed by atoms with van der Waals surface area (Å²) in [4.78, 5) is 4.10. The lowest BCUT2D eigenvalue weighted by molar-refractivity contribution is 0.187. The number of benzene rings is 1. The van der Waals surface area contributed by atoms with Crippen molar-refractivity contribution in [2.45, 2.75) is 19.1 Å². The predicted molar refractivity (Wildman–Crippen MR) is 76.9 cm³/mol. The van der Waals surface area contributed by atoms with Crippen molar-refractivity contribution >= 4 is 0 Å². The third-order valence-electron chi connectivity index (χ3n) is 3.26. The van der Waals surface area contributed by atoms with Gasteiger partial charge in [-0.15, -0.1) is 0 Å². The van der Waals surface area contributed by atoms with Crippen LogP contribution >= 0.6 is 0 Å². The zero-order valence-electron chi connectivity index (χ0n) is 11.3. The SMILES string of the molecule is c1cncc(CNCC2CCOc3ccccc3O2)c1. The molecule has 0 radical (unpaired) electrons. The van der Waals surface area contributed by atoms with E-state index < -0.39 is 0 Å². The van der Waals surface area contributed by atoms with E-state index in [9.17, 15) is 0 Å². The van der Waals surface area contributed by atoms with E-state index in [4.69, 9.17) is 9.47 Å². The third kappa shape index (κ3) is 3.27. The molecule has 1 aromatic heterocycles. The van der Waals surface area contributed by atoms with Gasteiger partial charge in [-0.05, 0) is 23.8 Å². The third-order valence-corrected chi connectivity index (χ3v) is 3.26. The molecule has 4 heteroatoms. The van der Waals surface area contributed by atoms with Crippen LogP contribution in [0.5, 0.6) is 11.5 Å². The van der Waals surface area contributed by atoms with Gasteiger partial charge in [-0.25, -0.2) is 0 Å². The molecule has 1 N–H and O–H groups in total. The van der Waals surface area contributed by atoms with Crippen LogP contribution in [-0.4, -0.2) is 24.2 Å². The van der Waals surface area contributed by atoms with Gasteiger partial charge in [0.05, 0.1) is 6.61 Å². The second-order valence-electron chi connectivity index (χ2n) is 4.82. The van der Waals surface area contributed by atoms with Gasteiger partial charge in [0.25, 0.3) is 0 Å². The Morgan fingerprint density at radius 2 is 2.05 bits per heavy atom. The lowest BCUT2D eigenvalue weighted by Gasteiger charge is -2.16. The summed E-state index contributed by atoms with van der Waals surface area (Å²) in [5.74, 6) is 1.67. The number of fused-ring (bicyclic) bond motifs is 1. The Kier molecular flexibility index (Phi) is 4.13. The molecule has 2 heterocycles. The first-order chi connectivity index (χ1) is 9.92. The highest BCUT2D eigenvalue weighted by atomic mass is 16.5. The minimum atomic E-state index is 0.135. The van der Waals surface area contributed by atoms with Crippen LogP contribution in [-0.2, 0) is 6.54 Å². The maximum absolute atomic E-state index is 5.99. The molecule has 1 aliphatic heterocycles. The first-order valence-electron chi connectivity index (χ1n) is 6.90. The minimum absolute atomic E-state index is 0.135. The number of para-hydroxylation sites is 2. The Morgan fingerprint density at radius 3 is 2.90 bits per heavy atom. The summed E-state index contributed by atoms with van der Waals surface area (Å²) in [5.41, 5.74) is 1.18. The number of rotatable bonds is 4. The first-order valence-corrected chi connectivity index (χ1v) is 6.90. The summed E-state index contributed by atoms with van der Waals surface area (Å²) in [5, 5.41) is 3.41. The Hall–Kier alpha value is -2.07. The van der Waals surface area contributed by atoms with Gasteiger partial charge in [-0.3, -0.25) is 4.98 Å². The van der Waals surface area contributed by atoms with E-state index in [0.717, 1.165) is 31.0 Å². The molecule has 0 fully saturated rings. The van der Waals surface area contributed by atoms with Crippen LogP contribution in [0.3, 0.4) is 0 Å². The minimum Gasteiger partial charge on any atom is -0.490 e. The van der Waals surface area contributed by atoms with Crippen molar-refractivity contribution in [3.63, 3.8) is 0 Å². The summed E-state index contributed by atoms with van der Waals surface area (Å²) in [6.07, 6.45) is 4.68. The second-order valence-corrected chi connectivity index (χ2v) is 4.82. The summed E-state index contributed by atoms with van der Waals surface area (Å²) in [6.45, 7) is 2.29. The summed E-state index contributed by atoms with van der Waals surface area (Å²) in [6, 6.07) is 11.8. The van der Waals surface area contributed by atoms with E-state index in [1.54, 1.807) is 6.20 Å². The fraction of sp³-hybridized carbons (Fsp3) is 0.312. The molecular formula is C16H18N2O2. The highest BCUT2D eigenvalue weighted by molar-refractivity contribution is 5.40. The van der Waals surface area contributed by atoms with Crippen LogP contribution in [0.15, 0.2) is 48.8 Å². The van der Waals surface area contributed by atoms with Crippen LogP contribution in [0.4, 0.5) is 0 Å². The van der Waals surface area contributed by atoms with E-state index in [0.29, 0.717) is 6.61 Å². The van der Waals surface area contributed by atoms with Crippen molar-refractivity contribution < 1.29 is 9.47 Å². The number of hydrogen-bond acceptors (Lipinski definition) is 4. The van der Waals surface area contributed by atoms with Gasteiger partial charge in [-0.2, -0.15) is 0 Å². The summed E-state index contributed by atoms with van der Waals surface area (Å²) >= 11 is 0. The monoisotopic (exact) mass is 270 g/mol. The zero-order chi connectivity index (χ0) is 13.6. The summed E-state index contributed by atoms with van der Waals surface area (Å²) < 4.78 is 11.7. The van der Waals surface area contributed by atoms with Crippen molar-refractivity contribution in [3.8, 4) is 11.5 Å². The molecule has 0 amide bonds. The van der Waals surface area contributed by atoms with E-state index >= 15 is 0 Å². The lowest BCUT2D eigenvalue weighted by Crippen LogP contribution is -2.31. The van der Waals surface area contributed by atoms with Crippen LogP contribution in [0.2, 0.25) is 0 Å². The molecule has 20 heavy (non-hydrogen) atoms. The van der Waals surface area contributed by atoms with Gasteiger partial charge in [0.15, 0.2) is 11.5 Å². The molecule has 1 atom stereocenters. The normalized spacial score (nSPS) is 17.5. The molecule has 4 nitrogen and oxygen atoms in total. The van der Waals surface area contributed by atoms with Gasteiger partial charge >= 0.3 is 0 Å². The highest BCUT2D eigenvalue weighted by Gasteiger charge is 2.17. The van der Waals surface area contributed by atoms with Crippen LogP contribution in [0, 0.1) is 0 Å². The largest absolute Gasteiger partial charge is 0.490 e. The van der Waals surface area contributed by atoms with Gasteiger partial charge in [-0.1, -0.05) is 18.2 Å².